The summed E-state index contributed by atoms with van der Waals surface area (Å²) in [6.45, 7) is 2.85. The second kappa shape index (κ2) is 9.30. The number of methoxy groups -OCH3 is 1. The Hall–Kier alpha value is -3.27. The Morgan fingerprint density at radius 2 is 1.67 bits per heavy atom. The largest absolute Gasteiger partial charge is 0.497 e. The van der Waals surface area contributed by atoms with Crippen molar-refractivity contribution in [2.45, 2.75) is 12.6 Å². The second-order valence-corrected chi connectivity index (χ2v) is 7.87. The zero-order valence-corrected chi connectivity index (χ0v) is 18.5. The Labute approximate surface area is 193 Å². The quantitative estimate of drug-likeness (QED) is 0.563. The first-order chi connectivity index (χ1) is 15.8. The molecule has 2 aromatic heterocycles. The van der Waals surface area contributed by atoms with Gasteiger partial charge in [-0.2, -0.15) is 23.0 Å². The fraction of sp³-hybridized carbons (Fsp3) is 0.318. The molecular weight excluding hydrogens is 459 g/mol. The fourth-order valence-electron chi connectivity index (χ4n) is 3.70. The van der Waals surface area contributed by atoms with E-state index in [9.17, 15) is 18.0 Å². The van der Waals surface area contributed by atoms with E-state index in [0.29, 0.717) is 31.5 Å². The van der Waals surface area contributed by atoms with Crippen LogP contribution in [0.15, 0.2) is 53.6 Å². The van der Waals surface area contributed by atoms with Crippen LogP contribution in [0.1, 0.15) is 12.0 Å². The molecule has 0 bridgehead atoms. The van der Waals surface area contributed by atoms with Crippen LogP contribution in [-0.2, 0) is 6.18 Å². The topological polar surface area (TPSA) is 63.5 Å². The average molecular weight is 480 g/mol. The molecule has 0 N–H and O–H groups in total. The van der Waals surface area contributed by atoms with Crippen molar-refractivity contribution >= 4 is 23.0 Å². The molecule has 0 amide bonds. The number of pyridine rings is 1. The molecule has 4 rings (SSSR count). The smallest absolute Gasteiger partial charge is 0.417 e. The van der Waals surface area contributed by atoms with E-state index in [1.165, 1.54) is 6.20 Å². The van der Waals surface area contributed by atoms with Gasteiger partial charge in [-0.1, -0.05) is 11.6 Å². The van der Waals surface area contributed by atoms with Crippen LogP contribution in [0.4, 0.5) is 24.5 Å². The lowest BCUT2D eigenvalue weighted by atomic mass is 10.2. The van der Waals surface area contributed by atoms with Crippen LogP contribution in [0.3, 0.4) is 0 Å². The number of alkyl halides is 3. The first-order valence-electron chi connectivity index (χ1n) is 10.2. The molecule has 11 heteroatoms. The fourth-order valence-corrected chi connectivity index (χ4v) is 3.94. The maximum atomic E-state index is 12.8. The number of hydrogen-bond donors (Lipinski definition) is 0. The molecule has 0 spiro atoms. The van der Waals surface area contributed by atoms with Crippen LogP contribution in [0.2, 0.25) is 5.02 Å². The summed E-state index contributed by atoms with van der Waals surface area (Å²) in [4.78, 5) is 20.8. The van der Waals surface area contributed by atoms with Crippen molar-refractivity contribution in [3.05, 3.63) is 69.7 Å². The SMILES string of the molecule is COc1ccc(N2CCCN(c3cnn(-c4ccc(C(F)(F)F)cn4)c(=O)c3Cl)CC2)cc1. The van der Waals surface area contributed by atoms with E-state index < -0.39 is 17.3 Å². The van der Waals surface area contributed by atoms with E-state index in [-0.39, 0.29) is 10.8 Å². The van der Waals surface area contributed by atoms with Crippen molar-refractivity contribution < 1.29 is 17.9 Å². The standard InChI is InChI=1S/C22H21ClF3N5O2/c1-33-17-6-4-16(5-7-17)29-9-2-10-30(12-11-29)18-14-28-31(21(32)20(18)23)19-8-3-15(13-27-19)22(24,25)26/h3-8,13-14H,2,9-12H2,1H3. The monoisotopic (exact) mass is 479 g/mol. The molecule has 0 unspecified atom stereocenters. The van der Waals surface area contributed by atoms with Crippen molar-refractivity contribution in [2.75, 3.05) is 43.1 Å². The zero-order valence-electron chi connectivity index (χ0n) is 17.7. The Kier molecular flexibility index (Phi) is 6.46. The molecule has 0 radical (unpaired) electrons. The molecule has 1 aliphatic rings. The predicted molar refractivity (Wildman–Crippen MR) is 120 cm³/mol. The van der Waals surface area contributed by atoms with Crippen LogP contribution in [0, 0.1) is 0 Å². The molecular formula is C22H21ClF3N5O2. The van der Waals surface area contributed by atoms with Gasteiger partial charge in [0.05, 0.1) is 24.6 Å². The third-order valence-electron chi connectivity index (χ3n) is 5.47. The minimum Gasteiger partial charge on any atom is -0.497 e. The molecule has 0 aliphatic carbocycles. The molecule has 0 atom stereocenters. The molecule has 174 valence electrons. The highest BCUT2D eigenvalue weighted by molar-refractivity contribution is 6.33. The predicted octanol–water partition coefficient (Wildman–Crippen LogP) is 4.03. The van der Waals surface area contributed by atoms with Gasteiger partial charge in [0.1, 0.15) is 10.8 Å². The second-order valence-electron chi connectivity index (χ2n) is 7.49. The number of nitrogens with zero attached hydrogens (tertiary/aromatic N) is 5. The highest BCUT2D eigenvalue weighted by Gasteiger charge is 2.31. The maximum Gasteiger partial charge on any atom is 0.417 e. The summed E-state index contributed by atoms with van der Waals surface area (Å²) in [5, 5.41) is 4.06. The van der Waals surface area contributed by atoms with Crippen LogP contribution in [0.25, 0.3) is 5.82 Å². The van der Waals surface area contributed by atoms with Crippen molar-refractivity contribution in [1.82, 2.24) is 14.8 Å². The van der Waals surface area contributed by atoms with Crippen LogP contribution in [0.5, 0.6) is 5.75 Å². The van der Waals surface area contributed by atoms with Gasteiger partial charge < -0.3 is 14.5 Å². The van der Waals surface area contributed by atoms with Gasteiger partial charge >= 0.3 is 6.18 Å². The summed E-state index contributed by atoms with van der Waals surface area (Å²) in [5.74, 6) is 0.749. The lowest BCUT2D eigenvalue weighted by molar-refractivity contribution is -0.137. The number of benzene rings is 1. The summed E-state index contributed by atoms with van der Waals surface area (Å²) in [6.07, 6.45) is -1.57. The van der Waals surface area contributed by atoms with Gasteiger partial charge in [0.2, 0.25) is 0 Å². The van der Waals surface area contributed by atoms with Gasteiger partial charge in [0, 0.05) is 38.1 Å². The number of anilines is 2. The van der Waals surface area contributed by atoms with Crippen molar-refractivity contribution in [2.24, 2.45) is 0 Å². The van der Waals surface area contributed by atoms with E-state index in [1.807, 2.05) is 29.2 Å². The van der Waals surface area contributed by atoms with E-state index in [4.69, 9.17) is 16.3 Å². The number of halogens is 4. The lowest BCUT2D eigenvalue weighted by Crippen LogP contribution is -2.33. The van der Waals surface area contributed by atoms with Gasteiger partial charge in [0.15, 0.2) is 5.82 Å². The van der Waals surface area contributed by atoms with Crippen LogP contribution >= 0.6 is 11.6 Å². The third kappa shape index (κ3) is 4.90. The van der Waals surface area contributed by atoms with Gasteiger partial charge in [-0.25, -0.2) is 4.98 Å². The van der Waals surface area contributed by atoms with Crippen molar-refractivity contribution in [3.63, 3.8) is 0 Å². The first-order valence-corrected chi connectivity index (χ1v) is 10.6. The molecule has 33 heavy (non-hydrogen) atoms. The van der Waals surface area contributed by atoms with E-state index in [0.717, 1.165) is 41.2 Å². The maximum absolute atomic E-state index is 12.8. The zero-order chi connectivity index (χ0) is 23.6. The number of hydrogen-bond acceptors (Lipinski definition) is 6. The Bertz CT molecular complexity index is 1170. The van der Waals surface area contributed by atoms with Crippen LogP contribution < -0.4 is 20.1 Å². The first kappa shape index (κ1) is 22.9. The molecule has 0 saturated carbocycles. The molecule has 3 aromatic rings. The van der Waals surface area contributed by atoms with E-state index >= 15 is 0 Å². The molecule has 1 aliphatic heterocycles. The number of rotatable bonds is 4. The summed E-state index contributed by atoms with van der Waals surface area (Å²) in [5.41, 5.74) is 0.0118. The molecule has 1 aromatic carbocycles. The van der Waals surface area contributed by atoms with Crippen LogP contribution in [-0.4, -0.2) is 48.1 Å². The highest BCUT2D eigenvalue weighted by atomic mass is 35.5. The van der Waals surface area contributed by atoms with Gasteiger partial charge in [0.25, 0.3) is 5.56 Å². The van der Waals surface area contributed by atoms with Gasteiger partial charge in [-0.15, -0.1) is 0 Å². The minimum absolute atomic E-state index is 0.0389. The van der Waals surface area contributed by atoms with E-state index in [1.54, 1.807) is 7.11 Å². The molecule has 3 heterocycles. The van der Waals surface area contributed by atoms with Gasteiger partial charge in [-0.3, -0.25) is 4.79 Å². The minimum atomic E-state index is -4.52. The summed E-state index contributed by atoms with van der Waals surface area (Å²) in [6, 6.07) is 9.76. The Morgan fingerprint density at radius 1 is 0.970 bits per heavy atom. The molecule has 1 saturated heterocycles. The Balaban J connectivity index is 1.52. The molecule has 1 fully saturated rings. The summed E-state index contributed by atoms with van der Waals surface area (Å²) in [7, 11) is 1.62. The lowest BCUT2D eigenvalue weighted by Gasteiger charge is -2.25. The number of ether oxygens (including phenoxy) is 1. The van der Waals surface area contributed by atoms with Crippen molar-refractivity contribution in [3.8, 4) is 11.6 Å². The van der Waals surface area contributed by atoms with E-state index in [2.05, 4.69) is 15.0 Å². The summed E-state index contributed by atoms with van der Waals surface area (Å²) >= 11 is 6.38. The number of aromatic nitrogens is 3. The van der Waals surface area contributed by atoms with Crippen molar-refractivity contribution in [1.29, 1.82) is 0 Å². The molecule has 7 nitrogen and oxygen atoms in total. The Morgan fingerprint density at radius 3 is 2.30 bits per heavy atom. The van der Waals surface area contributed by atoms with Gasteiger partial charge in [-0.05, 0) is 42.8 Å². The highest BCUT2D eigenvalue weighted by Crippen LogP contribution is 2.29. The summed E-state index contributed by atoms with van der Waals surface area (Å²) < 4.78 is 44.4. The third-order valence-corrected chi connectivity index (χ3v) is 5.82. The average Bonchev–Trinajstić information content (AvgIpc) is 3.07. The normalized spacial score (nSPS) is 14.8.